The molecule has 0 aromatic heterocycles. The van der Waals surface area contributed by atoms with Crippen molar-refractivity contribution in [2.45, 2.75) is 23.8 Å². The number of hydrogen-bond donors (Lipinski definition) is 2. The zero-order valence-electron chi connectivity index (χ0n) is 9.84. The Balaban J connectivity index is 2.43. The van der Waals surface area contributed by atoms with Crippen molar-refractivity contribution >= 4 is 21.7 Å². The summed E-state index contributed by atoms with van der Waals surface area (Å²) in [5.41, 5.74) is 0.743. The topological polar surface area (TPSA) is 98.5 Å². The van der Waals surface area contributed by atoms with Crippen molar-refractivity contribution in [3.05, 3.63) is 23.8 Å². The fourth-order valence-corrected chi connectivity index (χ4v) is 2.09. The minimum absolute atomic E-state index is 0.107. The predicted molar refractivity (Wildman–Crippen MR) is 65.8 cm³/mol. The van der Waals surface area contributed by atoms with Crippen molar-refractivity contribution in [2.75, 3.05) is 12.4 Å². The minimum atomic E-state index is -3.83. The van der Waals surface area contributed by atoms with Crippen molar-refractivity contribution in [3.63, 3.8) is 0 Å². The molecule has 1 fully saturated rings. The van der Waals surface area contributed by atoms with E-state index >= 15 is 0 Å². The average molecular weight is 270 g/mol. The Morgan fingerprint density at radius 2 is 2.11 bits per heavy atom. The Morgan fingerprint density at radius 3 is 2.61 bits per heavy atom. The van der Waals surface area contributed by atoms with Gasteiger partial charge < -0.3 is 10.1 Å². The quantitative estimate of drug-likeness (QED) is 0.784. The van der Waals surface area contributed by atoms with Crippen molar-refractivity contribution in [2.24, 2.45) is 5.14 Å². The lowest BCUT2D eigenvalue weighted by atomic mass is 10.2. The van der Waals surface area contributed by atoms with Crippen LogP contribution in [-0.2, 0) is 14.8 Å². The maximum absolute atomic E-state index is 11.6. The molecule has 1 saturated carbocycles. The summed E-state index contributed by atoms with van der Waals surface area (Å²) in [7, 11) is -2.59. The fraction of sp³-hybridized carbons (Fsp3) is 0.364. The largest absolute Gasteiger partial charge is 0.465 e. The van der Waals surface area contributed by atoms with Crippen molar-refractivity contribution in [1.29, 1.82) is 0 Å². The number of carbonyl (C=O) groups is 1. The van der Waals surface area contributed by atoms with Gasteiger partial charge >= 0.3 is 5.97 Å². The second kappa shape index (κ2) is 4.58. The van der Waals surface area contributed by atoms with Gasteiger partial charge in [0, 0.05) is 11.7 Å². The number of anilines is 1. The van der Waals surface area contributed by atoms with Gasteiger partial charge in [-0.2, -0.15) is 0 Å². The highest BCUT2D eigenvalue weighted by Gasteiger charge is 2.24. The van der Waals surface area contributed by atoms with E-state index in [0.717, 1.165) is 12.8 Å². The number of nitrogens with one attached hydrogen (secondary N) is 1. The summed E-state index contributed by atoms with van der Waals surface area (Å²) >= 11 is 0. The average Bonchev–Trinajstić information content (AvgIpc) is 3.11. The summed E-state index contributed by atoms with van der Waals surface area (Å²) in [6.45, 7) is 0. The van der Waals surface area contributed by atoms with Gasteiger partial charge in [0.2, 0.25) is 10.0 Å². The van der Waals surface area contributed by atoms with Crippen LogP contribution in [0.2, 0.25) is 0 Å². The molecule has 18 heavy (non-hydrogen) atoms. The van der Waals surface area contributed by atoms with Gasteiger partial charge in [0.25, 0.3) is 0 Å². The number of ether oxygens (including phenoxy) is 1. The number of benzene rings is 1. The van der Waals surface area contributed by atoms with Crippen LogP contribution < -0.4 is 10.5 Å². The summed E-state index contributed by atoms with van der Waals surface area (Å²) in [5, 5.41) is 8.17. The molecule has 0 radical (unpaired) electrons. The number of hydrogen-bond acceptors (Lipinski definition) is 5. The Hall–Kier alpha value is -1.60. The molecule has 1 aliphatic carbocycles. The Morgan fingerprint density at radius 1 is 1.44 bits per heavy atom. The maximum atomic E-state index is 11.6. The first kappa shape index (κ1) is 12.8. The summed E-state index contributed by atoms with van der Waals surface area (Å²) in [6.07, 6.45) is 2.08. The lowest BCUT2D eigenvalue weighted by Gasteiger charge is -2.11. The molecule has 1 aromatic rings. The van der Waals surface area contributed by atoms with E-state index in [1.54, 1.807) is 0 Å². The van der Waals surface area contributed by atoms with Crippen molar-refractivity contribution in [3.8, 4) is 0 Å². The van der Waals surface area contributed by atoms with E-state index in [1.807, 2.05) is 0 Å². The van der Waals surface area contributed by atoms with Gasteiger partial charge in [0.1, 0.15) is 0 Å². The summed E-state index contributed by atoms with van der Waals surface area (Å²) in [4.78, 5) is 11.5. The van der Waals surface area contributed by atoms with Crippen LogP contribution in [0.25, 0.3) is 0 Å². The number of esters is 1. The van der Waals surface area contributed by atoms with Crippen LogP contribution in [0.1, 0.15) is 23.2 Å². The van der Waals surface area contributed by atoms with Crippen LogP contribution in [0.5, 0.6) is 0 Å². The Labute approximate surface area is 105 Å². The minimum Gasteiger partial charge on any atom is -0.465 e. The third-order valence-electron chi connectivity index (χ3n) is 2.66. The number of primary sulfonamides is 1. The highest BCUT2D eigenvalue weighted by molar-refractivity contribution is 7.89. The zero-order chi connectivity index (χ0) is 13.3. The molecule has 98 valence electrons. The molecular weight excluding hydrogens is 256 g/mol. The number of sulfonamides is 1. The van der Waals surface area contributed by atoms with Gasteiger partial charge in [0.05, 0.1) is 17.6 Å². The standard InChI is InChI=1S/C11H14N2O4S/c1-17-11(14)9-6-8(18(12,15)16)4-5-10(9)13-7-2-3-7/h4-7,13H,2-3H2,1H3,(H2,12,15,16). The van der Waals surface area contributed by atoms with E-state index in [4.69, 9.17) is 5.14 Å². The lowest BCUT2D eigenvalue weighted by Crippen LogP contribution is -2.15. The second-order valence-corrected chi connectivity index (χ2v) is 5.72. The molecule has 1 aliphatic rings. The summed E-state index contributed by atoms with van der Waals surface area (Å²) < 4.78 is 27.1. The third kappa shape index (κ3) is 2.80. The lowest BCUT2D eigenvalue weighted by molar-refractivity contribution is 0.0601. The molecular formula is C11H14N2O4S. The first-order chi connectivity index (χ1) is 8.41. The number of methoxy groups -OCH3 is 1. The molecule has 0 bridgehead atoms. The van der Waals surface area contributed by atoms with E-state index in [0.29, 0.717) is 11.7 Å². The number of carbonyl (C=O) groups excluding carboxylic acids is 1. The van der Waals surface area contributed by atoms with Crippen LogP contribution >= 0.6 is 0 Å². The molecule has 2 rings (SSSR count). The molecule has 0 amide bonds. The highest BCUT2D eigenvalue weighted by Crippen LogP contribution is 2.28. The van der Waals surface area contributed by atoms with Crippen LogP contribution in [0.15, 0.2) is 23.1 Å². The molecule has 0 unspecified atom stereocenters. The van der Waals surface area contributed by atoms with Gasteiger partial charge in [-0.05, 0) is 31.0 Å². The third-order valence-corrected chi connectivity index (χ3v) is 3.57. The molecule has 3 N–H and O–H groups in total. The Bertz CT molecular complexity index is 579. The number of rotatable bonds is 4. The van der Waals surface area contributed by atoms with E-state index in [1.165, 1.54) is 25.3 Å². The first-order valence-corrected chi connectivity index (χ1v) is 6.98. The van der Waals surface area contributed by atoms with Crippen molar-refractivity contribution < 1.29 is 17.9 Å². The molecule has 1 aromatic carbocycles. The monoisotopic (exact) mass is 270 g/mol. The predicted octanol–water partition coefficient (Wildman–Crippen LogP) is 0.695. The highest BCUT2D eigenvalue weighted by atomic mass is 32.2. The van der Waals surface area contributed by atoms with E-state index in [-0.39, 0.29) is 10.5 Å². The SMILES string of the molecule is COC(=O)c1cc(S(N)(=O)=O)ccc1NC1CC1. The molecule has 0 aliphatic heterocycles. The normalized spacial score (nSPS) is 15.2. The summed E-state index contributed by atoms with van der Waals surface area (Å²) in [6, 6.07) is 4.47. The van der Waals surface area contributed by atoms with Gasteiger partial charge in [-0.15, -0.1) is 0 Å². The second-order valence-electron chi connectivity index (χ2n) is 4.16. The van der Waals surface area contributed by atoms with Gasteiger partial charge in [-0.25, -0.2) is 18.4 Å². The molecule has 7 heteroatoms. The maximum Gasteiger partial charge on any atom is 0.340 e. The smallest absolute Gasteiger partial charge is 0.340 e. The summed E-state index contributed by atoms with van der Waals surface area (Å²) in [5.74, 6) is -0.594. The molecule has 0 atom stereocenters. The van der Waals surface area contributed by atoms with Crippen LogP contribution in [0, 0.1) is 0 Å². The van der Waals surface area contributed by atoms with Crippen LogP contribution in [0.4, 0.5) is 5.69 Å². The van der Waals surface area contributed by atoms with Crippen molar-refractivity contribution in [1.82, 2.24) is 0 Å². The number of nitrogens with two attached hydrogens (primary N) is 1. The van der Waals surface area contributed by atoms with Gasteiger partial charge in [0.15, 0.2) is 0 Å². The van der Waals surface area contributed by atoms with Gasteiger partial charge in [-0.3, -0.25) is 0 Å². The van der Waals surface area contributed by atoms with Crippen LogP contribution in [0.3, 0.4) is 0 Å². The van der Waals surface area contributed by atoms with E-state index < -0.39 is 16.0 Å². The van der Waals surface area contributed by atoms with Crippen LogP contribution in [-0.4, -0.2) is 27.5 Å². The van der Waals surface area contributed by atoms with Gasteiger partial charge in [-0.1, -0.05) is 0 Å². The van der Waals surface area contributed by atoms with E-state index in [2.05, 4.69) is 10.1 Å². The molecule has 6 nitrogen and oxygen atoms in total. The molecule has 0 spiro atoms. The fourth-order valence-electron chi connectivity index (χ4n) is 1.55. The molecule has 0 heterocycles. The Kier molecular flexibility index (Phi) is 3.27. The zero-order valence-corrected chi connectivity index (χ0v) is 10.7. The van der Waals surface area contributed by atoms with E-state index in [9.17, 15) is 13.2 Å². The first-order valence-electron chi connectivity index (χ1n) is 5.43. The molecule has 0 saturated heterocycles.